The van der Waals surface area contributed by atoms with Crippen molar-refractivity contribution in [2.75, 3.05) is 7.11 Å². The molecule has 3 rings (SSSR count). The second-order valence-electron chi connectivity index (χ2n) is 5.36. The fraction of sp³-hybridized carbons (Fsp3) is 0.105. The van der Waals surface area contributed by atoms with E-state index in [0.717, 1.165) is 5.56 Å². The third kappa shape index (κ3) is 3.49. The van der Waals surface area contributed by atoms with Crippen LogP contribution in [0.25, 0.3) is 11.1 Å². The molecule has 1 aromatic heterocycles. The Morgan fingerprint density at radius 2 is 1.83 bits per heavy atom. The number of aromatic nitrogens is 1. The summed E-state index contributed by atoms with van der Waals surface area (Å²) in [6, 6.07) is 15.0. The molecule has 0 saturated carbocycles. The Hall–Kier alpha value is -2.59. The van der Waals surface area contributed by atoms with E-state index in [1.54, 1.807) is 41.1 Å². The van der Waals surface area contributed by atoms with Crippen molar-refractivity contribution in [2.24, 2.45) is 0 Å². The molecule has 5 heteroatoms. The molecule has 0 saturated heterocycles. The SMILES string of the molecule is COc1ccc(-c2ccc(=O)n(Cc3ccc(Cl)cc3)c2)c(F)c1. The molecular weight excluding hydrogens is 329 g/mol. The molecule has 3 nitrogen and oxygen atoms in total. The average Bonchev–Trinajstić information content (AvgIpc) is 2.59. The quantitative estimate of drug-likeness (QED) is 0.704. The van der Waals surface area contributed by atoms with E-state index >= 15 is 0 Å². The van der Waals surface area contributed by atoms with Crippen LogP contribution in [0.5, 0.6) is 5.75 Å². The molecule has 0 aliphatic carbocycles. The van der Waals surface area contributed by atoms with Gasteiger partial charge in [-0.25, -0.2) is 4.39 Å². The largest absolute Gasteiger partial charge is 0.497 e. The highest BCUT2D eigenvalue weighted by atomic mass is 35.5. The molecule has 0 N–H and O–H groups in total. The van der Waals surface area contributed by atoms with E-state index < -0.39 is 5.82 Å². The number of benzene rings is 2. The Morgan fingerprint density at radius 1 is 1.08 bits per heavy atom. The van der Waals surface area contributed by atoms with Gasteiger partial charge in [-0.3, -0.25) is 4.79 Å². The van der Waals surface area contributed by atoms with Crippen LogP contribution in [-0.4, -0.2) is 11.7 Å². The van der Waals surface area contributed by atoms with Gasteiger partial charge in [-0.2, -0.15) is 0 Å². The predicted molar refractivity (Wildman–Crippen MR) is 93.2 cm³/mol. The maximum Gasteiger partial charge on any atom is 0.250 e. The first-order chi connectivity index (χ1) is 11.6. The number of hydrogen-bond donors (Lipinski definition) is 0. The number of hydrogen-bond acceptors (Lipinski definition) is 2. The molecule has 2 aromatic carbocycles. The summed E-state index contributed by atoms with van der Waals surface area (Å²) < 4.78 is 20.8. The van der Waals surface area contributed by atoms with Crippen molar-refractivity contribution in [3.63, 3.8) is 0 Å². The number of methoxy groups -OCH3 is 1. The topological polar surface area (TPSA) is 31.2 Å². The molecule has 0 fully saturated rings. The molecule has 0 spiro atoms. The third-order valence-electron chi connectivity index (χ3n) is 3.74. The van der Waals surface area contributed by atoms with E-state index in [0.29, 0.717) is 28.4 Å². The van der Waals surface area contributed by atoms with E-state index in [1.165, 1.54) is 19.2 Å². The van der Waals surface area contributed by atoms with Crippen molar-refractivity contribution in [1.82, 2.24) is 4.57 Å². The van der Waals surface area contributed by atoms with E-state index in [-0.39, 0.29) is 5.56 Å². The zero-order chi connectivity index (χ0) is 17.1. The standard InChI is InChI=1S/C19H15ClFNO2/c1-24-16-7-8-17(18(21)10-16)14-4-9-19(23)22(12-14)11-13-2-5-15(20)6-3-13/h2-10,12H,11H2,1H3. The van der Waals surface area contributed by atoms with Crippen LogP contribution >= 0.6 is 11.6 Å². The monoisotopic (exact) mass is 343 g/mol. The fourth-order valence-corrected chi connectivity index (χ4v) is 2.58. The Kier molecular flexibility index (Phi) is 4.67. The second-order valence-corrected chi connectivity index (χ2v) is 5.79. The van der Waals surface area contributed by atoms with Gasteiger partial charge in [0, 0.05) is 34.5 Å². The smallest absolute Gasteiger partial charge is 0.250 e. The summed E-state index contributed by atoms with van der Waals surface area (Å²) in [4.78, 5) is 12.1. The number of nitrogens with zero attached hydrogens (tertiary/aromatic N) is 1. The number of halogens is 2. The first-order valence-corrected chi connectivity index (χ1v) is 7.73. The Balaban J connectivity index is 1.97. The Bertz CT molecular complexity index is 919. The molecule has 0 bridgehead atoms. The van der Waals surface area contributed by atoms with Crippen molar-refractivity contribution < 1.29 is 9.13 Å². The van der Waals surface area contributed by atoms with Crippen LogP contribution in [0.2, 0.25) is 5.02 Å². The Morgan fingerprint density at radius 3 is 2.50 bits per heavy atom. The normalized spacial score (nSPS) is 10.6. The molecular formula is C19H15ClFNO2. The molecule has 0 unspecified atom stereocenters. The van der Waals surface area contributed by atoms with Crippen molar-refractivity contribution in [3.05, 3.63) is 87.6 Å². The highest BCUT2D eigenvalue weighted by molar-refractivity contribution is 6.30. The summed E-state index contributed by atoms with van der Waals surface area (Å²) in [5.41, 5.74) is 1.83. The van der Waals surface area contributed by atoms with Crippen LogP contribution in [0, 0.1) is 5.82 Å². The van der Waals surface area contributed by atoms with Crippen LogP contribution in [-0.2, 0) is 6.54 Å². The van der Waals surface area contributed by atoms with Gasteiger partial charge in [-0.1, -0.05) is 23.7 Å². The zero-order valence-electron chi connectivity index (χ0n) is 13.0. The molecule has 0 aliphatic heterocycles. The highest BCUT2D eigenvalue weighted by Gasteiger charge is 2.08. The molecule has 3 aromatic rings. The first kappa shape index (κ1) is 16.3. The lowest BCUT2D eigenvalue weighted by atomic mass is 10.1. The minimum absolute atomic E-state index is 0.150. The van der Waals surface area contributed by atoms with Crippen molar-refractivity contribution in [1.29, 1.82) is 0 Å². The van der Waals surface area contributed by atoms with Crippen molar-refractivity contribution >= 4 is 11.6 Å². The highest BCUT2D eigenvalue weighted by Crippen LogP contribution is 2.25. The minimum atomic E-state index is -0.397. The predicted octanol–water partition coefficient (Wildman–Crippen LogP) is 4.36. The summed E-state index contributed by atoms with van der Waals surface area (Å²) in [5.74, 6) is 0.0526. The maximum absolute atomic E-state index is 14.2. The summed E-state index contributed by atoms with van der Waals surface area (Å²) in [6.07, 6.45) is 1.65. The number of ether oxygens (including phenoxy) is 1. The van der Waals surface area contributed by atoms with Gasteiger partial charge in [0.2, 0.25) is 0 Å². The van der Waals surface area contributed by atoms with Crippen LogP contribution in [0.3, 0.4) is 0 Å². The number of pyridine rings is 1. The van der Waals surface area contributed by atoms with Crippen LogP contribution in [0.4, 0.5) is 4.39 Å². The van der Waals surface area contributed by atoms with Crippen LogP contribution in [0.15, 0.2) is 65.6 Å². The molecule has 1 heterocycles. The van der Waals surface area contributed by atoms with Crippen molar-refractivity contribution in [2.45, 2.75) is 6.54 Å². The third-order valence-corrected chi connectivity index (χ3v) is 3.99. The van der Waals surface area contributed by atoms with Gasteiger partial charge in [0.15, 0.2) is 0 Å². The van der Waals surface area contributed by atoms with E-state index in [2.05, 4.69) is 0 Å². The van der Waals surface area contributed by atoms with Gasteiger partial charge in [-0.05, 0) is 35.9 Å². The molecule has 0 amide bonds. The van der Waals surface area contributed by atoms with E-state index in [4.69, 9.17) is 16.3 Å². The lowest BCUT2D eigenvalue weighted by Crippen LogP contribution is -2.19. The lowest BCUT2D eigenvalue weighted by Gasteiger charge is -2.10. The fourth-order valence-electron chi connectivity index (χ4n) is 2.46. The first-order valence-electron chi connectivity index (χ1n) is 7.35. The number of rotatable bonds is 4. The molecule has 122 valence electrons. The van der Waals surface area contributed by atoms with Gasteiger partial charge in [-0.15, -0.1) is 0 Å². The summed E-state index contributed by atoms with van der Waals surface area (Å²) in [5, 5.41) is 0.639. The summed E-state index contributed by atoms with van der Waals surface area (Å²) >= 11 is 5.87. The molecule has 0 radical (unpaired) electrons. The summed E-state index contributed by atoms with van der Waals surface area (Å²) in [7, 11) is 1.49. The van der Waals surface area contributed by atoms with Crippen molar-refractivity contribution in [3.8, 4) is 16.9 Å². The van der Waals surface area contributed by atoms with Gasteiger partial charge in [0.1, 0.15) is 11.6 Å². The zero-order valence-corrected chi connectivity index (χ0v) is 13.8. The van der Waals surface area contributed by atoms with E-state index in [9.17, 15) is 9.18 Å². The molecule has 0 atom stereocenters. The average molecular weight is 344 g/mol. The lowest BCUT2D eigenvalue weighted by molar-refractivity contribution is 0.411. The van der Waals surface area contributed by atoms with Gasteiger partial charge < -0.3 is 9.30 Å². The van der Waals surface area contributed by atoms with Gasteiger partial charge in [0.25, 0.3) is 5.56 Å². The van der Waals surface area contributed by atoms with Crippen LogP contribution < -0.4 is 10.3 Å². The van der Waals surface area contributed by atoms with Crippen LogP contribution in [0.1, 0.15) is 5.56 Å². The molecule has 24 heavy (non-hydrogen) atoms. The maximum atomic E-state index is 14.2. The van der Waals surface area contributed by atoms with Gasteiger partial charge >= 0.3 is 0 Å². The Labute approximate surface area is 143 Å². The summed E-state index contributed by atoms with van der Waals surface area (Å²) in [6.45, 7) is 0.390. The second kappa shape index (κ2) is 6.89. The molecule has 0 aliphatic rings. The van der Waals surface area contributed by atoms with E-state index in [1.807, 2.05) is 12.1 Å². The minimum Gasteiger partial charge on any atom is -0.497 e. The van der Waals surface area contributed by atoms with Gasteiger partial charge in [0.05, 0.1) is 13.7 Å².